The van der Waals surface area contributed by atoms with Crippen LogP contribution in [0, 0.1) is 0 Å². The summed E-state index contributed by atoms with van der Waals surface area (Å²) in [5.74, 6) is 0.631. The molecule has 0 spiro atoms. The van der Waals surface area contributed by atoms with E-state index in [2.05, 4.69) is 12.1 Å². The van der Waals surface area contributed by atoms with Gasteiger partial charge in [-0.2, -0.15) is 4.31 Å². The monoisotopic (exact) mass is 341 g/mol. The third-order valence-electron chi connectivity index (χ3n) is 3.80. The van der Waals surface area contributed by atoms with Crippen molar-refractivity contribution < 1.29 is 8.42 Å². The van der Waals surface area contributed by atoms with Gasteiger partial charge in [-0.05, 0) is 34.9 Å². The Labute approximate surface area is 134 Å². The number of thiophene rings is 1. The molecular weight excluding hydrogens is 326 g/mol. The number of hydrogen-bond acceptors (Lipinski definition) is 3. The number of hydrogen-bond donors (Lipinski definition) is 0. The molecule has 0 N–H and O–H groups in total. The smallest absolute Gasteiger partial charge is 0.206 e. The second-order valence-corrected chi connectivity index (χ2v) is 8.51. The van der Waals surface area contributed by atoms with Crippen molar-refractivity contribution in [1.29, 1.82) is 0 Å². The summed E-state index contributed by atoms with van der Waals surface area (Å²) in [6, 6.07) is 11.8. The maximum atomic E-state index is 12.6. The molecule has 1 saturated heterocycles. The van der Waals surface area contributed by atoms with Gasteiger partial charge in [0.2, 0.25) is 0 Å². The number of rotatable bonds is 4. The van der Waals surface area contributed by atoms with Crippen LogP contribution in [0.5, 0.6) is 0 Å². The predicted octanol–water partition coefficient (Wildman–Crippen LogP) is 3.67. The Bertz CT molecular complexity index is 712. The van der Waals surface area contributed by atoms with Crippen LogP contribution in [0.2, 0.25) is 0 Å². The average molecular weight is 342 g/mol. The molecular formula is C15H16ClNO2S2. The minimum absolute atomic E-state index is 0.286. The zero-order chi connectivity index (χ0) is 14.9. The highest BCUT2D eigenvalue weighted by Gasteiger charge is 2.33. The Hall–Kier alpha value is -0.880. The summed E-state index contributed by atoms with van der Waals surface area (Å²) < 4.78 is 27.3. The lowest BCUT2D eigenvalue weighted by Crippen LogP contribution is -2.28. The SMILES string of the molecule is O=S(=O)(c1cc(CCl)cs1)N1CCC(c2ccccc2)C1. The third-order valence-corrected chi connectivity index (χ3v) is 7.44. The number of sulfonamides is 1. The lowest BCUT2D eigenvalue weighted by Gasteiger charge is -2.15. The van der Waals surface area contributed by atoms with E-state index >= 15 is 0 Å². The summed E-state index contributed by atoms with van der Waals surface area (Å²) in [4.78, 5) is 0. The van der Waals surface area contributed by atoms with E-state index in [1.54, 1.807) is 10.4 Å². The van der Waals surface area contributed by atoms with Gasteiger partial charge in [0, 0.05) is 19.0 Å². The Kier molecular flexibility index (Phi) is 4.36. The molecule has 0 saturated carbocycles. The first-order valence-corrected chi connectivity index (χ1v) is 9.65. The normalized spacial score (nSPS) is 20.0. The van der Waals surface area contributed by atoms with Gasteiger partial charge in [-0.3, -0.25) is 0 Å². The quantitative estimate of drug-likeness (QED) is 0.796. The molecule has 0 aliphatic carbocycles. The van der Waals surface area contributed by atoms with Gasteiger partial charge in [-0.25, -0.2) is 8.42 Å². The van der Waals surface area contributed by atoms with Crippen LogP contribution in [0.4, 0.5) is 0 Å². The fourth-order valence-corrected chi connectivity index (χ4v) is 5.74. The molecule has 0 radical (unpaired) electrons. The summed E-state index contributed by atoms with van der Waals surface area (Å²) in [6.45, 7) is 1.14. The summed E-state index contributed by atoms with van der Waals surface area (Å²) >= 11 is 7.00. The molecule has 3 rings (SSSR count). The van der Waals surface area contributed by atoms with Crippen LogP contribution in [0.25, 0.3) is 0 Å². The maximum Gasteiger partial charge on any atom is 0.252 e. The molecule has 6 heteroatoms. The fourth-order valence-electron chi connectivity index (χ4n) is 2.63. The van der Waals surface area contributed by atoms with E-state index in [4.69, 9.17) is 11.6 Å². The molecule has 1 fully saturated rings. The molecule has 1 atom stereocenters. The lowest BCUT2D eigenvalue weighted by atomic mass is 9.99. The highest BCUT2D eigenvalue weighted by Crippen LogP contribution is 2.33. The van der Waals surface area contributed by atoms with E-state index in [0.29, 0.717) is 23.2 Å². The van der Waals surface area contributed by atoms with Crippen LogP contribution >= 0.6 is 22.9 Å². The molecule has 3 nitrogen and oxygen atoms in total. The van der Waals surface area contributed by atoms with Crippen LogP contribution < -0.4 is 0 Å². The van der Waals surface area contributed by atoms with Crippen molar-refractivity contribution in [3.63, 3.8) is 0 Å². The fraction of sp³-hybridized carbons (Fsp3) is 0.333. The molecule has 2 aromatic rings. The molecule has 1 aromatic carbocycles. The Morgan fingerprint density at radius 3 is 2.71 bits per heavy atom. The molecule has 0 amide bonds. The highest BCUT2D eigenvalue weighted by molar-refractivity contribution is 7.91. The molecule has 2 heterocycles. The van der Waals surface area contributed by atoms with Gasteiger partial charge in [-0.1, -0.05) is 30.3 Å². The van der Waals surface area contributed by atoms with Gasteiger partial charge in [0.15, 0.2) is 0 Å². The van der Waals surface area contributed by atoms with Crippen LogP contribution in [0.15, 0.2) is 46.0 Å². The van der Waals surface area contributed by atoms with Crippen molar-refractivity contribution in [1.82, 2.24) is 4.31 Å². The number of nitrogens with zero attached hydrogens (tertiary/aromatic N) is 1. The average Bonchev–Trinajstić information content (AvgIpc) is 3.18. The first-order chi connectivity index (χ1) is 10.1. The predicted molar refractivity (Wildman–Crippen MR) is 86.4 cm³/mol. The van der Waals surface area contributed by atoms with Crippen molar-refractivity contribution in [2.45, 2.75) is 22.4 Å². The number of alkyl halides is 1. The van der Waals surface area contributed by atoms with Gasteiger partial charge in [-0.15, -0.1) is 22.9 Å². The molecule has 112 valence electrons. The minimum Gasteiger partial charge on any atom is -0.206 e. The van der Waals surface area contributed by atoms with E-state index in [-0.39, 0.29) is 5.92 Å². The Balaban J connectivity index is 1.79. The van der Waals surface area contributed by atoms with E-state index in [1.807, 2.05) is 23.6 Å². The van der Waals surface area contributed by atoms with Crippen molar-refractivity contribution in [2.75, 3.05) is 13.1 Å². The van der Waals surface area contributed by atoms with Gasteiger partial charge < -0.3 is 0 Å². The molecule has 0 bridgehead atoms. The van der Waals surface area contributed by atoms with E-state index in [9.17, 15) is 8.42 Å². The largest absolute Gasteiger partial charge is 0.252 e. The van der Waals surface area contributed by atoms with Crippen molar-refractivity contribution in [2.24, 2.45) is 0 Å². The van der Waals surface area contributed by atoms with Gasteiger partial charge in [0.25, 0.3) is 10.0 Å². The van der Waals surface area contributed by atoms with E-state index in [1.165, 1.54) is 16.9 Å². The first kappa shape index (κ1) is 15.0. The molecule has 21 heavy (non-hydrogen) atoms. The Morgan fingerprint density at radius 1 is 1.29 bits per heavy atom. The van der Waals surface area contributed by atoms with Gasteiger partial charge >= 0.3 is 0 Å². The van der Waals surface area contributed by atoms with Gasteiger partial charge in [0.05, 0.1) is 0 Å². The topological polar surface area (TPSA) is 37.4 Å². The second kappa shape index (κ2) is 6.08. The van der Waals surface area contributed by atoms with E-state index in [0.717, 1.165) is 12.0 Å². The Morgan fingerprint density at radius 2 is 2.05 bits per heavy atom. The van der Waals surface area contributed by atoms with Crippen LogP contribution in [0.3, 0.4) is 0 Å². The third kappa shape index (κ3) is 3.01. The van der Waals surface area contributed by atoms with Gasteiger partial charge in [0.1, 0.15) is 4.21 Å². The van der Waals surface area contributed by atoms with Crippen LogP contribution in [-0.4, -0.2) is 25.8 Å². The zero-order valence-electron chi connectivity index (χ0n) is 11.4. The summed E-state index contributed by atoms with van der Waals surface area (Å²) in [5.41, 5.74) is 2.07. The molecule has 1 aliphatic rings. The van der Waals surface area contributed by atoms with Crippen LogP contribution in [0.1, 0.15) is 23.5 Å². The zero-order valence-corrected chi connectivity index (χ0v) is 13.8. The number of halogens is 1. The van der Waals surface area contributed by atoms with Crippen molar-refractivity contribution in [3.8, 4) is 0 Å². The summed E-state index contributed by atoms with van der Waals surface area (Å²) in [6.07, 6.45) is 0.872. The van der Waals surface area contributed by atoms with Crippen molar-refractivity contribution in [3.05, 3.63) is 52.9 Å². The standard InChI is InChI=1S/C15H16ClNO2S2/c16-9-12-8-15(20-11-12)21(18,19)17-7-6-14(10-17)13-4-2-1-3-5-13/h1-5,8,11,14H,6-7,9-10H2. The second-order valence-electron chi connectivity index (χ2n) is 5.17. The molecule has 1 aromatic heterocycles. The van der Waals surface area contributed by atoms with E-state index < -0.39 is 10.0 Å². The summed E-state index contributed by atoms with van der Waals surface area (Å²) in [7, 11) is -3.38. The number of benzene rings is 1. The first-order valence-electron chi connectivity index (χ1n) is 6.80. The highest BCUT2D eigenvalue weighted by atomic mass is 35.5. The summed E-state index contributed by atoms with van der Waals surface area (Å²) in [5, 5.41) is 1.81. The molecule has 1 unspecified atom stereocenters. The molecule has 1 aliphatic heterocycles. The lowest BCUT2D eigenvalue weighted by molar-refractivity contribution is 0.474. The maximum absolute atomic E-state index is 12.6. The van der Waals surface area contributed by atoms with Crippen LogP contribution in [-0.2, 0) is 15.9 Å². The van der Waals surface area contributed by atoms with Crippen molar-refractivity contribution >= 4 is 33.0 Å². The minimum atomic E-state index is -3.38.